The van der Waals surface area contributed by atoms with Crippen molar-refractivity contribution in [1.82, 2.24) is 14.9 Å². The van der Waals surface area contributed by atoms with Gasteiger partial charge in [-0.15, -0.1) is 0 Å². The third-order valence-corrected chi connectivity index (χ3v) is 6.44. The van der Waals surface area contributed by atoms with Crippen molar-refractivity contribution < 1.29 is 14.3 Å². The molecular formula is C24H25N5O3. The molecule has 2 aliphatic heterocycles. The van der Waals surface area contributed by atoms with E-state index >= 15 is 0 Å². The molecule has 0 saturated carbocycles. The fourth-order valence-electron chi connectivity index (χ4n) is 4.46. The molecule has 32 heavy (non-hydrogen) atoms. The standard InChI is InChI=1S/C24H25N5O3/c1-3-22(30)29-11-16(12-29)28(2)21-5-4-17(24(25)31)23-18(21)9-19(27-23)15-8-14-6-7-32-13-20(14)26-10-15/h3-5,8-10,16,27H,1,6-7,11-13H2,2H3,(H2,25,31). The zero-order chi connectivity index (χ0) is 22.4. The Bertz CT molecular complexity index is 1240. The Labute approximate surface area is 185 Å². The summed E-state index contributed by atoms with van der Waals surface area (Å²) in [5.41, 5.74) is 11.8. The normalized spacial score (nSPS) is 15.8. The fourth-order valence-corrected chi connectivity index (χ4v) is 4.46. The van der Waals surface area contributed by atoms with E-state index in [4.69, 9.17) is 10.5 Å². The van der Waals surface area contributed by atoms with Crippen LogP contribution in [0.4, 0.5) is 5.69 Å². The molecule has 0 atom stereocenters. The van der Waals surface area contributed by atoms with Gasteiger partial charge in [0.05, 0.1) is 36.0 Å². The Morgan fingerprint density at radius 1 is 1.34 bits per heavy atom. The van der Waals surface area contributed by atoms with E-state index < -0.39 is 5.91 Å². The lowest BCUT2D eigenvalue weighted by Gasteiger charge is -2.44. The van der Waals surface area contributed by atoms with Crippen molar-refractivity contribution in [3.05, 3.63) is 59.9 Å². The van der Waals surface area contributed by atoms with Crippen LogP contribution >= 0.6 is 0 Å². The first-order chi connectivity index (χ1) is 15.5. The van der Waals surface area contributed by atoms with Crippen molar-refractivity contribution in [1.29, 1.82) is 0 Å². The van der Waals surface area contributed by atoms with Gasteiger partial charge in [-0.25, -0.2) is 0 Å². The zero-order valence-electron chi connectivity index (χ0n) is 17.9. The molecule has 8 nitrogen and oxygen atoms in total. The summed E-state index contributed by atoms with van der Waals surface area (Å²) in [5, 5.41) is 0.911. The second-order valence-electron chi connectivity index (χ2n) is 8.31. The third-order valence-electron chi connectivity index (χ3n) is 6.44. The number of aromatic nitrogens is 2. The maximum atomic E-state index is 12.1. The summed E-state index contributed by atoms with van der Waals surface area (Å²) in [4.78, 5) is 35.8. The van der Waals surface area contributed by atoms with E-state index in [1.807, 2.05) is 25.4 Å². The summed E-state index contributed by atoms with van der Waals surface area (Å²) in [6.45, 7) is 6.05. The average molecular weight is 431 g/mol. The highest BCUT2D eigenvalue weighted by Gasteiger charge is 2.33. The summed E-state index contributed by atoms with van der Waals surface area (Å²) in [5.74, 6) is -0.539. The average Bonchev–Trinajstić information content (AvgIpc) is 3.22. The molecule has 4 heterocycles. The summed E-state index contributed by atoms with van der Waals surface area (Å²) in [7, 11) is 2.01. The van der Waals surface area contributed by atoms with Crippen molar-refractivity contribution in [2.24, 2.45) is 5.73 Å². The molecule has 2 aliphatic rings. The van der Waals surface area contributed by atoms with Gasteiger partial charge in [0.1, 0.15) is 0 Å². The number of pyridine rings is 1. The highest BCUT2D eigenvalue weighted by Crippen LogP contribution is 2.35. The van der Waals surface area contributed by atoms with Gasteiger partial charge in [-0.1, -0.05) is 6.58 Å². The number of aromatic amines is 1. The Morgan fingerprint density at radius 3 is 2.91 bits per heavy atom. The van der Waals surface area contributed by atoms with E-state index in [2.05, 4.69) is 27.5 Å². The third kappa shape index (κ3) is 3.33. The minimum atomic E-state index is -0.482. The van der Waals surface area contributed by atoms with Crippen LogP contribution in [-0.2, 0) is 22.6 Å². The van der Waals surface area contributed by atoms with Gasteiger partial charge in [-0.3, -0.25) is 14.6 Å². The van der Waals surface area contributed by atoms with Crippen LogP contribution in [0.1, 0.15) is 21.6 Å². The zero-order valence-corrected chi connectivity index (χ0v) is 17.9. The second-order valence-corrected chi connectivity index (χ2v) is 8.31. The second kappa shape index (κ2) is 7.80. The number of carbonyl (C=O) groups is 2. The van der Waals surface area contributed by atoms with Crippen LogP contribution in [0.25, 0.3) is 22.2 Å². The molecular weight excluding hydrogens is 406 g/mol. The van der Waals surface area contributed by atoms with E-state index in [1.54, 1.807) is 11.0 Å². The number of likely N-dealkylation sites (N-methyl/N-ethyl adjacent to an activating group) is 1. The number of nitrogens with one attached hydrogen (secondary N) is 1. The molecule has 8 heteroatoms. The van der Waals surface area contributed by atoms with Gasteiger partial charge in [0.15, 0.2) is 0 Å². The number of nitrogens with two attached hydrogens (primary N) is 1. The van der Waals surface area contributed by atoms with Crippen molar-refractivity contribution in [3.8, 4) is 11.3 Å². The first kappa shape index (κ1) is 20.3. The number of nitrogens with zero attached hydrogens (tertiary/aromatic N) is 3. The van der Waals surface area contributed by atoms with Gasteiger partial charge in [-0.05, 0) is 42.3 Å². The Kier molecular flexibility index (Phi) is 4.94. The molecule has 1 saturated heterocycles. The lowest BCUT2D eigenvalue weighted by atomic mass is 10.0. The highest BCUT2D eigenvalue weighted by atomic mass is 16.5. The topological polar surface area (TPSA) is 105 Å². The number of rotatable bonds is 5. The number of hydrogen-bond acceptors (Lipinski definition) is 5. The first-order valence-electron chi connectivity index (χ1n) is 10.6. The van der Waals surface area contributed by atoms with Crippen LogP contribution in [0.3, 0.4) is 0 Å². The van der Waals surface area contributed by atoms with Crippen molar-refractivity contribution in [2.75, 3.05) is 31.6 Å². The Balaban J connectivity index is 1.53. The summed E-state index contributed by atoms with van der Waals surface area (Å²) in [6.07, 6.45) is 4.00. The number of H-pyrrole nitrogens is 1. The Hall–Kier alpha value is -3.65. The van der Waals surface area contributed by atoms with Gasteiger partial charge < -0.3 is 25.3 Å². The maximum absolute atomic E-state index is 12.1. The Morgan fingerprint density at radius 2 is 2.16 bits per heavy atom. The smallest absolute Gasteiger partial charge is 0.250 e. The van der Waals surface area contributed by atoms with Gasteiger partial charge in [0.25, 0.3) is 5.91 Å². The number of carbonyl (C=O) groups excluding carboxylic acids is 2. The lowest BCUT2D eigenvalue weighted by Crippen LogP contribution is -2.60. The number of ether oxygens (including phenoxy) is 1. The van der Waals surface area contributed by atoms with Crippen LogP contribution in [0.15, 0.2) is 43.1 Å². The number of likely N-dealkylation sites (tertiary alicyclic amines) is 1. The maximum Gasteiger partial charge on any atom is 0.250 e. The van der Waals surface area contributed by atoms with E-state index in [0.717, 1.165) is 34.4 Å². The van der Waals surface area contributed by atoms with Crippen molar-refractivity contribution >= 4 is 28.4 Å². The van der Waals surface area contributed by atoms with E-state index in [-0.39, 0.29) is 11.9 Å². The lowest BCUT2D eigenvalue weighted by molar-refractivity contribution is -0.130. The van der Waals surface area contributed by atoms with Gasteiger partial charge >= 0.3 is 0 Å². The summed E-state index contributed by atoms with van der Waals surface area (Å²) >= 11 is 0. The number of primary amides is 1. The minimum Gasteiger partial charge on any atom is -0.375 e. The summed E-state index contributed by atoms with van der Waals surface area (Å²) < 4.78 is 5.48. The number of benzene rings is 1. The predicted octanol–water partition coefficient (Wildman–Crippen LogP) is 2.23. The molecule has 3 N–H and O–H groups in total. The number of hydrogen-bond donors (Lipinski definition) is 2. The quantitative estimate of drug-likeness (QED) is 0.603. The van der Waals surface area contributed by atoms with E-state index in [9.17, 15) is 9.59 Å². The molecule has 1 fully saturated rings. The monoisotopic (exact) mass is 431 g/mol. The van der Waals surface area contributed by atoms with Crippen molar-refractivity contribution in [3.63, 3.8) is 0 Å². The fraction of sp³-hybridized carbons (Fsp3) is 0.292. The SMILES string of the molecule is C=CC(=O)N1CC(N(C)c2ccc(C(N)=O)c3[nH]c(-c4cnc5c(c4)CCOC5)cc23)C1. The van der Waals surface area contributed by atoms with Crippen molar-refractivity contribution in [2.45, 2.75) is 19.1 Å². The minimum absolute atomic E-state index is 0.0573. The molecule has 2 aromatic heterocycles. The number of anilines is 1. The molecule has 164 valence electrons. The molecule has 0 aliphatic carbocycles. The molecule has 0 spiro atoms. The predicted molar refractivity (Wildman–Crippen MR) is 122 cm³/mol. The molecule has 0 bridgehead atoms. The highest BCUT2D eigenvalue weighted by molar-refractivity contribution is 6.10. The van der Waals surface area contributed by atoms with Gasteiger partial charge in [-0.2, -0.15) is 0 Å². The molecule has 5 rings (SSSR count). The van der Waals surface area contributed by atoms with Crippen LogP contribution in [0.5, 0.6) is 0 Å². The molecule has 3 aromatic rings. The van der Waals surface area contributed by atoms with Crippen LogP contribution in [0.2, 0.25) is 0 Å². The van der Waals surface area contributed by atoms with Gasteiger partial charge in [0, 0.05) is 48.7 Å². The first-order valence-corrected chi connectivity index (χ1v) is 10.6. The van der Waals surface area contributed by atoms with Gasteiger partial charge in [0.2, 0.25) is 5.91 Å². The molecule has 0 radical (unpaired) electrons. The number of fused-ring (bicyclic) bond motifs is 2. The largest absolute Gasteiger partial charge is 0.375 e. The van der Waals surface area contributed by atoms with Crippen LogP contribution in [0, 0.1) is 0 Å². The molecule has 0 unspecified atom stereocenters. The molecule has 1 aromatic carbocycles. The van der Waals surface area contributed by atoms with Crippen LogP contribution < -0.4 is 10.6 Å². The number of amides is 2. The molecule has 2 amide bonds. The summed E-state index contributed by atoms with van der Waals surface area (Å²) in [6, 6.07) is 8.03. The van der Waals surface area contributed by atoms with Crippen LogP contribution in [-0.4, -0.2) is 59.5 Å². The van der Waals surface area contributed by atoms with E-state index in [0.29, 0.717) is 37.4 Å². The van der Waals surface area contributed by atoms with E-state index in [1.165, 1.54) is 11.6 Å².